The number of rotatable bonds is 17. The molecule has 5 atom stereocenters. The summed E-state index contributed by atoms with van der Waals surface area (Å²) in [6, 6.07) is 4.10. The van der Waals surface area contributed by atoms with Crippen molar-refractivity contribution in [3.8, 4) is 0 Å². The van der Waals surface area contributed by atoms with E-state index in [9.17, 15) is 33.9 Å². The molecule has 9 N–H and O–H groups in total. The fourth-order valence-electron chi connectivity index (χ4n) is 3.54. The molecular weight excluding hydrogens is 498 g/mol. The number of hydrogen-bond acceptors (Lipinski definition) is 7. The molecule has 0 fully saturated rings. The van der Waals surface area contributed by atoms with E-state index >= 15 is 0 Å². The van der Waals surface area contributed by atoms with E-state index in [1.807, 2.05) is 18.2 Å². The van der Waals surface area contributed by atoms with E-state index in [0.717, 1.165) is 5.56 Å². The summed E-state index contributed by atoms with van der Waals surface area (Å²) in [4.78, 5) is 72.5. The van der Waals surface area contributed by atoms with Gasteiger partial charge in [-0.2, -0.15) is 0 Å². The molecule has 0 heterocycles. The Labute approximate surface area is 220 Å². The minimum Gasteiger partial charge on any atom is -0.481 e. The van der Waals surface area contributed by atoms with Crippen molar-refractivity contribution >= 4 is 35.6 Å². The molecule has 1 aromatic rings. The van der Waals surface area contributed by atoms with Crippen molar-refractivity contribution in [3.63, 3.8) is 0 Å². The van der Waals surface area contributed by atoms with Crippen LogP contribution < -0.4 is 27.4 Å². The third kappa shape index (κ3) is 11.4. The number of benzene rings is 1. The van der Waals surface area contributed by atoms with Crippen LogP contribution in [-0.2, 0) is 35.2 Å². The maximum absolute atomic E-state index is 13.2. The molecule has 0 aliphatic heterocycles. The highest BCUT2D eigenvalue weighted by Gasteiger charge is 2.32. The summed E-state index contributed by atoms with van der Waals surface area (Å²) < 4.78 is 0. The van der Waals surface area contributed by atoms with Gasteiger partial charge in [0.2, 0.25) is 23.6 Å². The largest absolute Gasteiger partial charge is 0.481 e. The first-order valence-corrected chi connectivity index (χ1v) is 12.3. The van der Waals surface area contributed by atoms with Gasteiger partial charge in [-0.25, -0.2) is 4.79 Å². The molecule has 0 aliphatic carbocycles. The lowest BCUT2D eigenvalue weighted by atomic mass is 9.96. The highest BCUT2D eigenvalue weighted by atomic mass is 16.4. The minimum atomic E-state index is -1.49. The Hall–Kier alpha value is -4.00. The number of carbonyl (C=O) groups is 6. The predicted molar refractivity (Wildman–Crippen MR) is 136 cm³/mol. The Morgan fingerprint density at radius 1 is 0.842 bits per heavy atom. The zero-order valence-corrected chi connectivity index (χ0v) is 21.5. The summed E-state index contributed by atoms with van der Waals surface area (Å²) >= 11 is 0. The SMILES string of the molecule is CCC(C)C(NC(=O)C(N)Cc1ccccc1)C(=O)NC(CCC(=O)O)C(=O)NC(CCC(N)=O)C(=O)O. The molecular formula is C25H37N5O8. The topological polar surface area (TPSA) is 231 Å². The first-order valence-electron chi connectivity index (χ1n) is 12.3. The van der Waals surface area contributed by atoms with Crippen molar-refractivity contribution < 1.29 is 39.0 Å². The Morgan fingerprint density at radius 2 is 1.42 bits per heavy atom. The lowest BCUT2D eigenvalue weighted by molar-refractivity contribution is -0.143. The Balaban J connectivity index is 3.01. The Kier molecular flexibility index (Phi) is 13.5. The van der Waals surface area contributed by atoms with E-state index < -0.39 is 66.2 Å². The molecule has 0 saturated heterocycles. The van der Waals surface area contributed by atoms with Gasteiger partial charge >= 0.3 is 11.9 Å². The molecule has 0 aromatic heterocycles. The van der Waals surface area contributed by atoms with Crippen molar-refractivity contribution in [1.82, 2.24) is 16.0 Å². The molecule has 1 aromatic carbocycles. The highest BCUT2D eigenvalue weighted by Crippen LogP contribution is 2.11. The van der Waals surface area contributed by atoms with Gasteiger partial charge in [-0.1, -0.05) is 50.6 Å². The first-order chi connectivity index (χ1) is 17.8. The van der Waals surface area contributed by atoms with Gasteiger partial charge in [0.05, 0.1) is 6.04 Å². The van der Waals surface area contributed by atoms with Crippen LogP contribution in [-0.4, -0.2) is 69.9 Å². The number of aliphatic carboxylic acids is 2. The van der Waals surface area contributed by atoms with Crippen LogP contribution in [0.25, 0.3) is 0 Å². The lowest BCUT2D eigenvalue weighted by Gasteiger charge is -2.28. The minimum absolute atomic E-state index is 0.229. The van der Waals surface area contributed by atoms with Crippen molar-refractivity contribution in [3.05, 3.63) is 35.9 Å². The molecule has 5 unspecified atom stereocenters. The number of carboxylic acids is 2. The van der Waals surface area contributed by atoms with Crippen molar-refractivity contribution in [2.24, 2.45) is 17.4 Å². The number of hydrogen-bond donors (Lipinski definition) is 7. The van der Waals surface area contributed by atoms with E-state index in [1.165, 1.54) is 0 Å². The van der Waals surface area contributed by atoms with E-state index in [0.29, 0.717) is 6.42 Å². The van der Waals surface area contributed by atoms with Gasteiger partial charge in [-0.05, 0) is 30.7 Å². The second-order valence-electron chi connectivity index (χ2n) is 9.07. The molecule has 1 rings (SSSR count). The molecule has 38 heavy (non-hydrogen) atoms. The van der Waals surface area contributed by atoms with Gasteiger partial charge in [0.15, 0.2) is 0 Å². The number of amides is 4. The summed E-state index contributed by atoms with van der Waals surface area (Å²) in [5.41, 5.74) is 11.9. The van der Waals surface area contributed by atoms with Crippen LogP contribution in [0.15, 0.2) is 30.3 Å². The van der Waals surface area contributed by atoms with Crippen molar-refractivity contribution in [2.75, 3.05) is 0 Å². The van der Waals surface area contributed by atoms with E-state index in [4.69, 9.17) is 16.6 Å². The van der Waals surface area contributed by atoms with Crippen molar-refractivity contribution in [2.45, 2.75) is 76.5 Å². The maximum atomic E-state index is 13.2. The molecule has 0 spiro atoms. The third-order valence-electron chi connectivity index (χ3n) is 6.00. The number of carbonyl (C=O) groups excluding carboxylic acids is 4. The Morgan fingerprint density at radius 3 is 1.95 bits per heavy atom. The number of nitrogens with two attached hydrogens (primary N) is 2. The van der Waals surface area contributed by atoms with Gasteiger partial charge in [0, 0.05) is 12.8 Å². The van der Waals surface area contributed by atoms with E-state index in [1.54, 1.807) is 26.0 Å². The summed E-state index contributed by atoms with van der Waals surface area (Å²) in [5, 5.41) is 25.7. The molecule has 4 amide bonds. The molecule has 0 saturated carbocycles. The van der Waals surface area contributed by atoms with Crippen LogP contribution in [0.5, 0.6) is 0 Å². The number of carboxylic acid groups (broad SMARTS) is 2. The summed E-state index contributed by atoms with van der Waals surface area (Å²) in [5.74, 6) is -6.11. The maximum Gasteiger partial charge on any atom is 0.326 e. The summed E-state index contributed by atoms with van der Waals surface area (Å²) in [6.07, 6.45) is -0.738. The van der Waals surface area contributed by atoms with Crippen LogP contribution in [0.1, 0.15) is 51.5 Å². The van der Waals surface area contributed by atoms with E-state index in [2.05, 4.69) is 16.0 Å². The van der Waals surface area contributed by atoms with Crippen LogP contribution >= 0.6 is 0 Å². The normalized spacial score (nSPS) is 14.7. The standard InChI is InChI=1S/C25H37N5O8/c1-3-14(2)21(30-22(34)16(26)13-15-7-5-4-6-8-15)24(36)28-17(10-12-20(32)33)23(35)29-18(25(37)38)9-11-19(27)31/h4-8,14,16-18,21H,3,9-13,26H2,1-2H3,(H2,27,31)(H,28,36)(H,29,35)(H,30,34)(H,32,33)(H,37,38). The van der Waals surface area contributed by atoms with Crippen molar-refractivity contribution in [1.29, 1.82) is 0 Å². The number of nitrogens with one attached hydrogen (secondary N) is 3. The molecule has 0 bridgehead atoms. The zero-order valence-electron chi connectivity index (χ0n) is 21.5. The smallest absolute Gasteiger partial charge is 0.326 e. The van der Waals surface area contributed by atoms with Crippen LogP contribution in [0.3, 0.4) is 0 Å². The second kappa shape index (κ2) is 16.0. The van der Waals surface area contributed by atoms with E-state index in [-0.39, 0.29) is 31.6 Å². The van der Waals surface area contributed by atoms with Crippen LogP contribution in [0, 0.1) is 5.92 Å². The number of primary amides is 1. The Bertz CT molecular complexity index is 987. The first kappa shape index (κ1) is 32.0. The second-order valence-corrected chi connectivity index (χ2v) is 9.07. The quantitative estimate of drug-likeness (QED) is 0.133. The van der Waals surface area contributed by atoms with Gasteiger partial charge in [0.25, 0.3) is 0 Å². The third-order valence-corrected chi connectivity index (χ3v) is 6.00. The average Bonchev–Trinajstić information content (AvgIpc) is 2.86. The van der Waals surface area contributed by atoms with Gasteiger partial charge in [-0.15, -0.1) is 0 Å². The van der Waals surface area contributed by atoms with Gasteiger partial charge < -0.3 is 37.6 Å². The molecule has 13 nitrogen and oxygen atoms in total. The molecule has 210 valence electrons. The monoisotopic (exact) mass is 535 g/mol. The summed E-state index contributed by atoms with van der Waals surface area (Å²) in [7, 11) is 0. The fraction of sp³-hybridized carbons (Fsp3) is 0.520. The van der Waals surface area contributed by atoms with Gasteiger partial charge in [-0.3, -0.25) is 24.0 Å². The molecule has 0 radical (unpaired) electrons. The predicted octanol–water partition coefficient (Wildman–Crippen LogP) is -0.728. The molecule has 0 aliphatic rings. The fourth-order valence-corrected chi connectivity index (χ4v) is 3.54. The average molecular weight is 536 g/mol. The molecule has 13 heteroatoms. The summed E-state index contributed by atoms with van der Waals surface area (Å²) in [6.45, 7) is 3.51. The van der Waals surface area contributed by atoms with Gasteiger partial charge in [0.1, 0.15) is 18.1 Å². The lowest BCUT2D eigenvalue weighted by Crippen LogP contribution is -2.58. The zero-order chi connectivity index (χ0) is 28.8. The highest BCUT2D eigenvalue weighted by molar-refractivity contribution is 5.94. The van der Waals surface area contributed by atoms with Crippen LogP contribution in [0.4, 0.5) is 0 Å². The van der Waals surface area contributed by atoms with Crippen LogP contribution in [0.2, 0.25) is 0 Å².